The Hall–Kier alpha value is -2.26. The molecule has 0 spiro atoms. The first-order chi connectivity index (χ1) is 15.4. The molecular formula is C22H36N3O7P. The number of nitrogens with two attached hydrogens (primary N) is 1. The molecule has 0 saturated carbocycles. The lowest BCUT2D eigenvalue weighted by atomic mass is 9.96. The Morgan fingerprint density at radius 3 is 2.52 bits per heavy atom. The Bertz CT molecular complexity index is 784. The molecular weight excluding hydrogens is 449 g/mol. The molecule has 1 unspecified atom stereocenters. The molecule has 0 aliphatic rings. The van der Waals surface area contributed by atoms with Crippen LogP contribution in [0.4, 0.5) is 10.5 Å². The van der Waals surface area contributed by atoms with Crippen molar-refractivity contribution in [1.29, 1.82) is 0 Å². The first kappa shape index (κ1) is 28.8. The van der Waals surface area contributed by atoms with Crippen LogP contribution in [0.2, 0.25) is 0 Å². The van der Waals surface area contributed by atoms with E-state index in [4.69, 9.17) is 15.0 Å². The van der Waals surface area contributed by atoms with Crippen LogP contribution in [0.3, 0.4) is 0 Å². The molecule has 2 atom stereocenters. The van der Waals surface area contributed by atoms with Gasteiger partial charge in [-0.3, -0.25) is 4.79 Å². The molecule has 0 bridgehead atoms. The van der Waals surface area contributed by atoms with Gasteiger partial charge in [0, 0.05) is 18.4 Å². The van der Waals surface area contributed by atoms with Crippen molar-refractivity contribution in [1.82, 2.24) is 5.32 Å². The minimum Gasteiger partial charge on any atom is -0.444 e. The second kappa shape index (κ2) is 14.1. The van der Waals surface area contributed by atoms with E-state index in [0.717, 1.165) is 11.8 Å². The van der Waals surface area contributed by atoms with Gasteiger partial charge in [-0.05, 0) is 70.7 Å². The van der Waals surface area contributed by atoms with Crippen molar-refractivity contribution < 1.29 is 33.4 Å². The van der Waals surface area contributed by atoms with Crippen molar-refractivity contribution in [2.24, 2.45) is 11.7 Å². The van der Waals surface area contributed by atoms with E-state index in [9.17, 15) is 24.2 Å². The van der Waals surface area contributed by atoms with E-state index in [0.29, 0.717) is 32.2 Å². The predicted molar refractivity (Wildman–Crippen MR) is 127 cm³/mol. The zero-order chi connectivity index (χ0) is 25.0. The minimum atomic E-state index is -2.68. The second-order valence-electron chi connectivity index (χ2n) is 8.86. The van der Waals surface area contributed by atoms with Crippen molar-refractivity contribution in [3.05, 3.63) is 23.8 Å². The molecule has 10 nitrogen and oxygen atoms in total. The Morgan fingerprint density at radius 1 is 1.24 bits per heavy atom. The number of aldehydes is 1. The van der Waals surface area contributed by atoms with Crippen LogP contribution in [-0.2, 0) is 20.7 Å². The zero-order valence-electron chi connectivity index (χ0n) is 19.7. The fraction of sp³-hybridized carbons (Fsp3) is 0.591. The molecule has 0 aliphatic carbocycles. The zero-order valence-corrected chi connectivity index (χ0v) is 20.6. The number of unbranched alkanes of at least 4 members (excludes halogenated alkanes) is 1. The van der Waals surface area contributed by atoms with Crippen LogP contribution in [-0.4, -0.2) is 46.3 Å². The van der Waals surface area contributed by atoms with Gasteiger partial charge in [-0.15, -0.1) is 0 Å². The summed E-state index contributed by atoms with van der Waals surface area (Å²) in [4.78, 5) is 54.2. The van der Waals surface area contributed by atoms with Gasteiger partial charge >= 0.3 is 14.7 Å². The van der Waals surface area contributed by atoms with Crippen LogP contribution >= 0.6 is 8.60 Å². The van der Waals surface area contributed by atoms with Gasteiger partial charge in [0.25, 0.3) is 0 Å². The molecule has 1 rings (SSSR count). The van der Waals surface area contributed by atoms with Gasteiger partial charge in [0.05, 0.1) is 5.69 Å². The molecule has 0 saturated heterocycles. The first-order valence-electron chi connectivity index (χ1n) is 10.9. The number of hydrogen-bond donors (Lipinski definition) is 5. The lowest BCUT2D eigenvalue weighted by Crippen LogP contribution is -2.41. The van der Waals surface area contributed by atoms with Crippen LogP contribution < -0.4 is 20.9 Å². The lowest BCUT2D eigenvalue weighted by molar-refractivity contribution is -0.116. The lowest BCUT2D eigenvalue weighted by Gasteiger charge is -2.25. The van der Waals surface area contributed by atoms with Crippen LogP contribution in [0.15, 0.2) is 18.2 Å². The monoisotopic (exact) mass is 485 g/mol. The number of ether oxygens (including phenoxy) is 1. The second-order valence-corrected chi connectivity index (χ2v) is 9.55. The summed E-state index contributed by atoms with van der Waals surface area (Å²) in [5, 5.41) is 5.53. The van der Waals surface area contributed by atoms with Gasteiger partial charge in [-0.2, -0.15) is 0 Å². The number of carbonyl (C=O) groups is 3. The topological polar surface area (TPSA) is 160 Å². The van der Waals surface area contributed by atoms with E-state index in [2.05, 4.69) is 10.6 Å². The van der Waals surface area contributed by atoms with Crippen molar-refractivity contribution in [3.63, 3.8) is 0 Å². The summed E-state index contributed by atoms with van der Waals surface area (Å²) >= 11 is 0. The molecule has 0 aromatic heterocycles. The fourth-order valence-corrected chi connectivity index (χ4v) is 3.40. The summed E-state index contributed by atoms with van der Waals surface area (Å²) in [6.45, 7) is 7.52. The summed E-state index contributed by atoms with van der Waals surface area (Å²) in [6, 6.07) is 4.44. The maximum absolute atomic E-state index is 12.3. The van der Waals surface area contributed by atoms with E-state index in [1.807, 2.05) is 0 Å². The summed E-state index contributed by atoms with van der Waals surface area (Å²) in [6.07, 6.45) is 2.55. The highest BCUT2D eigenvalue weighted by molar-refractivity contribution is 7.39. The number of hydrogen-bond acceptors (Lipinski definition) is 8. The normalized spacial score (nSPS) is 13.2. The number of benzene rings is 1. The van der Waals surface area contributed by atoms with Crippen LogP contribution in [0.25, 0.3) is 0 Å². The molecule has 0 radical (unpaired) electrons. The number of amides is 2. The van der Waals surface area contributed by atoms with Crippen molar-refractivity contribution in [2.45, 2.75) is 71.4 Å². The number of alkyl carbamates (subject to hydrolysis) is 1. The Morgan fingerprint density at radius 2 is 1.94 bits per heavy atom. The molecule has 1 aromatic carbocycles. The average molecular weight is 486 g/mol. The van der Waals surface area contributed by atoms with Crippen molar-refractivity contribution in [3.8, 4) is 5.75 Å². The van der Waals surface area contributed by atoms with E-state index >= 15 is 0 Å². The third-order valence-electron chi connectivity index (χ3n) is 4.45. The largest absolute Gasteiger partial charge is 0.444 e. The Kier molecular flexibility index (Phi) is 12.3. The van der Waals surface area contributed by atoms with Crippen molar-refractivity contribution in [2.75, 3.05) is 11.9 Å². The average Bonchev–Trinajstić information content (AvgIpc) is 2.68. The molecule has 1 aromatic rings. The molecule has 33 heavy (non-hydrogen) atoms. The van der Waals surface area contributed by atoms with Gasteiger partial charge in [-0.1, -0.05) is 13.0 Å². The van der Waals surface area contributed by atoms with Gasteiger partial charge in [0.2, 0.25) is 5.91 Å². The number of anilines is 1. The molecule has 186 valence electrons. The quantitative estimate of drug-likeness (QED) is 0.162. The maximum Gasteiger partial charge on any atom is 0.407 e. The fourth-order valence-electron chi connectivity index (χ4n) is 3.07. The third-order valence-corrected chi connectivity index (χ3v) is 4.81. The van der Waals surface area contributed by atoms with Crippen LogP contribution in [0.5, 0.6) is 5.75 Å². The number of rotatable bonds is 13. The molecule has 2 amide bonds. The van der Waals surface area contributed by atoms with Gasteiger partial charge in [0.1, 0.15) is 11.9 Å². The van der Waals surface area contributed by atoms with Crippen molar-refractivity contribution >= 4 is 32.6 Å². The molecule has 0 heterocycles. The molecule has 11 heteroatoms. The summed E-state index contributed by atoms with van der Waals surface area (Å²) < 4.78 is 10.4. The third kappa shape index (κ3) is 12.5. The summed E-state index contributed by atoms with van der Waals surface area (Å²) in [5.41, 5.74) is 5.80. The van der Waals surface area contributed by atoms with E-state index in [1.54, 1.807) is 39.8 Å². The molecule has 6 N–H and O–H groups in total. The smallest absolute Gasteiger partial charge is 0.407 e. The highest BCUT2D eigenvalue weighted by atomic mass is 31.2. The highest BCUT2D eigenvalue weighted by Gasteiger charge is 2.22. The predicted octanol–water partition coefficient (Wildman–Crippen LogP) is 3.01. The highest BCUT2D eigenvalue weighted by Crippen LogP contribution is 2.35. The van der Waals surface area contributed by atoms with Gasteiger partial charge in [-0.25, -0.2) is 4.79 Å². The van der Waals surface area contributed by atoms with Crippen LogP contribution in [0.1, 0.15) is 58.9 Å². The number of carbonyl (C=O) groups excluding carboxylic acids is 3. The summed E-state index contributed by atoms with van der Waals surface area (Å²) in [5.74, 6) is -0.440. The SMILES string of the molecule is CC(C=O)C[C@H](Cc1ccc(OP(O)O)c(NC(=O)CCCCN)c1)NC(=O)OC(C)(C)C. The van der Waals surface area contributed by atoms with E-state index < -0.39 is 26.3 Å². The van der Waals surface area contributed by atoms with Gasteiger partial charge in [0.15, 0.2) is 5.75 Å². The van der Waals surface area contributed by atoms with Crippen LogP contribution in [0, 0.1) is 5.92 Å². The van der Waals surface area contributed by atoms with E-state index in [-0.39, 0.29) is 29.7 Å². The molecule has 0 aliphatic heterocycles. The Balaban J connectivity index is 3.06. The van der Waals surface area contributed by atoms with Gasteiger partial charge < -0.3 is 40.2 Å². The van der Waals surface area contributed by atoms with E-state index in [1.165, 1.54) is 6.07 Å². The minimum absolute atomic E-state index is 0.111. The Labute approximate surface area is 196 Å². The molecule has 0 fully saturated rings. The standard InChI is InChI=1S/C22H36N3O7P/c1-15(14-26)11-17(24-21(28)31-22(2,3)4)12-16-8-9-19(32-33(29)30)18(13-16)25-20(27)7-5-6-10-23/h8-9,13-15,17,29-30H,5-7,10-12,23H2,1-4H3,(H,24,28)(H,25,27)/t15?,17-/m1/s1. The first-order valence-corrected chi connectivity index (χ1v) is 12.0. The summed E-state index contributed by atoms with van der Waals surface area (Å²) in [7, 11) is -2.68. The maximum atomic E-state index is 12.3. The number of nitrogens with one attached hydrogen (secondary N) is 2.